The third-order valence-corrected chi connectivity index (χ3v) is 5.72. The zero-order valence-electron chi connectivity index (χ0n) is 13.0. The van der Waals surface area contributed by atoms with Crippen molar-refractivity contribution in [2.24, 2.45) is 5.41 Å². The predicted molar refractivity (Wildman–Crippen MR) is 85.4 cm³/mol. The van der Waals surface area contributed by atoms with Gasteiger partial charge in [0.1, 0.15) is 5.56 Å². The van der Waals surface area contributed by atoms with E-state index in [-0.39, 0.29) is 17.0 Å². The van der Waals surface area contributed by atoms with E-state index in [0.717, 1.165) is 19.3 Å². The molecule has 2 aromatic heterocycles. The minimum Gasteiger partial charge on any atom is -0.268 e. The number of rotatable bonds is 4. The van der Waals surface area contributed by atoms with Gasteiger partial charge in [0.2, 0.25) is 10.0 Å². The van der Waals surface area contributed by atoms with E-state index in [9.17, 15) is 18.5 Å². The van der Waals surface area contributed by atoms with E-state index in [1.807, 2.05) is 4.72 Å². The zero-order chi connectivity index (χ0) is 17.2. The molecule has 0 atom stereocenters. The number of aromatic nitrogens is 3. The van der Waals surface area contributed by atoms with Crippen LogP contribution in [-0.4, -0.2) is 34.7 Å². The molecular weight excluding hydrogens is 330 g/mol. The van der Waals surface area contributed by atoms with Crippen LogP contribution in [0.4, 0.5) is 0 Å². The van der Waals surface area contributed by atoms with Gasteiger partial charge in [-0.2, -0.15) is 10.4 Å². The summed E-state index contributed by atoms with van der Waals surface area (Å²) in [5, 5.41) is 13.4. The van der Waals surface area contributed by atoms with Crippen LogP contribution in [0.2, 0.25) is 0 Å². The molecule has 0 aliphatic heterocycles. The Morgan fingerprint density at radius 2 is 2.12 bits per heavy atom. The Kier molecular flexibility index (Phi) is 4.24. The monoisotopic (exact) mass is 347 g/mol. The van der Waals surface area contributed by atoms with Gasteiger partial charge >= 0.3 is 0 Å². The molecule has 8 nitrogen and oxygen atoms in total. The lowest BCUT2D eigenvalue weighted by Gasteiger charge is -2.29. The number of hydrogen-bond acceptors (Lipinski definition) is 6. The van der Waals surface area contributed by atoms with Gasteiger partial charge in [0.05, 0.1) is 23.4 Å². The third-order valence-electron chi connectivity index (χ3n) is 4.29. The molecule has 0 bridgehead atoms. The van der Waals surface area contributed by atoms with Crippen molar-refractivity contribution in [2.45, 2.75) is 32.1 Å². The normalized spacial score (nSPS) is 17.3. The Bertz CT molecular complexity index is 907. The molecule has 1 aliphatic carbocycles. The molecule has 1 N–H and O–H groups in total. The fourth-order valence-electron chi connectivity index (χ4n) is 3.10. The molecule has 126 valence electrons. The zero-order valence-corrected chi connectivity index (χ0v) is 13.8. The Balaban J connectivity index is 1.79. The number of nitriles is 1. The second-order valence-corrected chi connectivity index (χ2v) is 7.81. The molecule has 1 fully saturated rings. The first kappa shape index (κ1) is 16.4. The standard InChI is InChI=1S/C15H17N5O3S/c16-10-15(5-2-1-3-6-15)11-24(22,23)19-14(21)12-9-18-20-8-4-7-17-13(12)20/h4,7-9H,1-3,5-6,11H2,(H,19,21). The molecular formula is C15H17N5O3S. The summed E-state index contributed by atoms with van der Waals surface area (Å²) in [5.41, 5.74) is -0.560. The predicted octanol–water partition coefficient (Wildman–Crippen LogP) is 1.26. The molecule has 0 aromatic carbocycles. The Morgan fingerprint density at radius 1 is 1.38 bits per heavy atom. The fourth-order valence-corrected chi connectivity index (χ4v) is 4.65. The lowest BCUT2D eigenvalue weighted by Crippen LogP contribution is -2.40. The molecule has 1 saturated carbocycles. The topological polar surface area (TPSA) is 117 Å². The number of nitrogens with one attached hydrogen (secondary N) is 1. The maximum Gasteiger partial charge on any atom is 0.270 e. The summed E-state index contributed by atoms with van der Waals surface area (Å²) in [6, 6.07) is 3.80. The molecule has 0 radical (unpaired) electrons. The van der Waals surface area contributed by atoms with E-state index in [2.05, 4.69) is 16.2 Å². The molecule has 24 heavy (non-hydrogen) atoms. The highest BCUT2D eigenvalue weighted by atomic mass is 32.2. The number of sulfonamides is 1. The second-order valence-electron chi connectivity index (χ2n) is 6.09. The number of hydrogen-bond donors (Lipinski definition) is 1. The van der Waals surface area contributed by atoms with Crippen molar-refractivity contribution in [2.75, 3.05) is 5.75 Å². The molecule has 9 heteroatoms. The summed E-state index contributed by atoms with van der Waals surface area (Å²) >= 11 is 0. The number of nitrogens with zero attached hydrogens (tertiary/aromatic N) is 4. The SMILES string of the molecule is N#CC1(CS(=O)(=O)NC(=O)c2cnn3cccnc23)CCCCC1. The highest BCUT2D eigenvalue weighted by Crippen LogP contribution is 2.36. The second kappa shape index (κ2) is 6.20. The van der Waals surface area contributed by atoms with Crippen molar-refractivity contribution in [3.63, 3.8) is 0 Å². The first-order valence-electron chi connectivity index (χ1n) is 7.69. The van der Waals surface area contributed by atoms with Crippen LogP contribution in [0.3, 0.4) is 0 Å². The maximum absolute atomic E-state index is 12.4. The Labute approximate surface area is 139 Å². The lowest BCUT2D eigenvalue weighted by molar-refractivity contribution is 0.0982. The Morgan fingerprint density at radius 3 is 2.83 bits per heavy atom. The van der Waals surface area contributed by atoms with Gasteiger partial charge in [0.15, 0.2) is 5.65 Å². The van der Waals surface area contributed by atoms with Crippen molar-refractivity contribution < 1.29 is 13.2 Å². The molecule has 2 heterocycles. The molecule has 1 aliphatic rings. The van der Waals surface area contributed by atoms with Crippen LogP contribution in [0.25, 0.3) is 5.65 Å². The maximum atomic E-state index is 12.4. The van der Waals surface area contributed by atoms with Gasteiger partial charge in [0, 0.05) is 12.4 Å². The molecule has 0 saturated heterocycles. The van der Waals surface area contributed by atoms with Crippen LogP contribution in [0.1, 0.15) is 42.5 Å². The quantitative estimate of drug-likeness (QED) is 0.890. The lowest BCUT2D eigenvalue weighted by atomic mass is 9.77. The van der Waals surface area contributed by atoms with Gasteiger partial charge in [-0.25, -0.2) is 22.6 Å². The van der Waals surface area contributed by atoms with E-state index in [1.165, 1.54) is 16.9 Å². The Hall–Kier alpha value is -2.47. The van der Waals surface area contributed by atoms with Gasteiger partial charge in [-0.3, -0.25) is 4.79 Å². The highest BCUT2D eigenvalue weighted by Gasteiger charge is 2.37. The molecule has 2 aromatic rings. The van der Waals surface area contributed by atoms with Crippen LogP contribution < -0.4 is 4.72 Å². The first-order chi connectivity index (χ1) is 11.4. The third kappa shape index (κ3) is 3.23. The smallest absolute Gasteiger partial charge is 0.268 e. The van der Waals surface area contributed by atoms with Gasteiger partial charge in [0.25, 0.3) is 5.91 Å². The van der Waals surface area contributed by atoms with E-state index >= 15 is 0 Å². The number of amides is 1. The van der Waals surface area contributed by atoms with Crippen molar-refractivity contribution in [3.8, 4) is 6.07 Å². The fraction of sp³-hybridized carbons (Fsp3) is 0.467. The van der Waals surface area contributed by atoms with Gasteiger partial charge in [-0.1, -0.05) is 19.3 Å². The molecule has 3 rings (SSSR count). The molecule has 0 unspecified atom stereocenters. The van der Waals surface area contributed by atoms with Crippen molar-refractivity contribution in [3.05, 3.63) is 30.2 Å². The van der Waals surface area contributed by atoms with E-state index in [4.69, 9.17) is 0 Å². The van der Waals surface area contributed by atoms with Crippen LogP contribution in [-0.2, 0) is 10.0 Å². The highest BCUT2D eigenvalue weighted by molar-refractivity contribution is 7.90. The first-order valence-corrected chi connectivity index (χ1v) is 9.34. The largest absolute Gasteiger partial charge is 0.270 e. The summed E-state index contributed by atoms with van der Waals surface area (Å²) in [6.45, 7) is 0. The number of carbonyl (C=O) groups is 1. The van der Waals surface area contributed by atoms with Gasteiger partial charge < -0.3 is 0 Å². The van der Waals surface area contributed by atoms with Crippen LogP contribution in [0, 0.1) is 16.7 Å². The summed E-state index contributed by atoms with van der Waals surface area (Å²) in [7, 11) is -3.93. The van der Waals surface area contributed by atoms with Gasteiger partial charge in [-0.05, 0) is 18.9 Å². The van der Waals surface area contributed by atoms with E-state index in [0.29, 0.717) is 12.8 Å². The molecule has 1 amide bonds. The van der Waals surface area contributed by atoms with Crippen molar-refractivity contribution >= 4 is 21.6 Å². The van der Waals surface area contributed by atoms with Crippen molar-refractivity contribution in [1.82, 2.24) is 19.3 Å². The van der Waals surface area contributed by atoms with Crippen LogP contribution in [0.5, 0.6) is 0 Å². The minimum atomic E-state index is -3.93. The number of carbonyl (C=O) groups excluding carboxylic acids is 1. The number of fused-ring (bicyclic) bond motifs is 1. The summed E-state index contributed by atoms with van der Waals surface area (Å²) in [5.74, 6) is -1.15. The summed E-state index contributed by atoms with van der Waals surface area (Å²) in [6.07, 6.45) is 8.12. The average molecular weight is 347 g/mol. The minimum absolute atomic E-state index is 0.0776. The molecule has 0 spiro atoms. The van der Waals surface area contributed by atoms with Crippen LogP contribution >= 0.6 is 0 Å². The van der Waals surface area contributed by atoms with E-state index < -0.39 is 21.3 Å². The van der Waals surface area contributed by atoms with E-state index in [1.54, 1.807) is 12.3 Å². The van der Waals surface area contributed by atoms with Crippen molar-refractivity contribution in [1.29, 1.82) is 5.26 Å². The summed E-state index contributed by atoms with van der Waals surface area (Å²) in [4.78, 5) is 16.3. The van der Waals surface area contributed by atoms with Gasteiger partial charge in [-0.15, -0.1) is 0 Å². The average Bonchev–Trinajstić information content (AvgIpc) is 2.99. The van der Waals surface area contributed by atoms with Crippen LogP contribution in [0.15, 0.2) is 24.7 Å². The summed E-state index contributed by atoms with van der Waals surface area (Å²) < 4.78 is 28.2.